The highest BCUT2D eigenvalue weighted by Gasteiger charge is 2.27. The standard InChI is InChI=1S/C19H29FN4O.2ClH/c1-2-23-9-6-17(7-10-23)22-19(25)14-24-11-8-21-13-18(24)15-4-3-5-16(20)12-15;;/h3-5,12,17-18,21H,2,6-11,13-14H2,1H3,(H,22,25);2*1H. The van der Waals surface area contributed by atoms with Gasteiger partial charge >= 0.3 is 0 Å². The van der Waals surface area contributed by atoms with Gasteiger partial charge in [-0.05, 0) is 37.1 Å². The lowest BCUT2D eigenvalue weighted by Crippen LogP contribution is -2.52. The third-order valence-electron chi connectivity index (χ3n) is 5.33. The number of rotatable bonds is 5. The number of likely N-dealkylation sites (tertiary alicyclic amines) is 1. The van der Waals surface area contributed by atoms with Gasteiger partial charge in [0.15, 0.2) is 0 Å². The van der Waals surface area contributed by atoms with E-state index in [2.05, 4.69) is 27.4 Å². The highest BCUT2D eigenvalue weighted by molar-refractivity contribution is 5.85. The zero-order valence-electron chi connectivity index (χ0n) is 15.8. The van der Waals surface area contributed by atoms with Gasteiger partial charge in [0.1, 0.15) is 5.82 Å². The Balaban J connectivity index is 0.00000182. The lowest BCUT2D eigenvalue weighted by molar-refractivity contribution is -0.124. The SMILES string of the molecule is CCN1CCC(NC(=O)CN2CCNCC2c2cccc(F)c2)CC1.Cl.Cl. The average molecular weight is 421 g/mol. The molecule has 1 atom stereocenters. The van der Waals surface area contributed by atoms with E-state index in [1.807, 2.05) is 6.07 Å². The Labute approximate surface area is 173 Å². The van der Waals surface area contributed by atoms with Gasteiger partial charge in [0.25, 0.3) is 0 Å². The monoisotopic (exact) mass is 420 g/mol. The van der Waals surface area contributed by atoms with Crippen LogP contribution >= 0.6 is 24.8 Å². The molecular formula is C19H31Cl2FN4O. The molecule has 154 valence electrons. The highest BCUT2D eigenvalue weighted by Crippen LogP contribution is 2.22. The van der Waals surface area contributed by atoms with Crippen LogP contribution in [0.2, 0.25) is 0 Å². The minimum absolute atomic E-state index is 0. The zero-order valence-corrected chi connectivity index (χ0v) is 17.5. The van der Waals surface area contributed by atoms with Gasteiger partial charge < -0.3 is 15.5 Å². The van der Waals surface area contributed by atoms with E-state index in [1.54, 1.807) is 12.1 Å². The Kier molecular flexibility index (Phi) is 10.6. The first kappa shape index (κ1) is 24.1. The first-order chi connectivity index (χ1) is 12.2. The lowest BCUT2D eigenvalue weighted by atomic mass is 10.0. The summed E-state index contributed by atoms with van der Waals surface area (Å²) in [5, 5.41) is 6.54. The van der Waals surface area contributed by atoms with E-state index < -0.39 is 0 Å². The van der Waals surface area contributed by atoms with Crippen LogP contribution in [0.5, 0.6) is 0 Å². The summed E-state index contributed by atoms with van der Waals surface area (Å²) in [5.74, 6) is -0.145. The zero-order chi connectivity index (χ0) is 17.6. The minimum Gasteiger partial charge on any atom is -0.352 e. The molecule has 3 rings (SSSR count). The third kappa shape index (κ3) is 6.88. The maximum atomic E-state index is 13.6. The molecule has 2 saturated heterocycles. The Morgan fingerprint density at radius 2 is 2.00 bits per heavy atom. The molecule has 0 saturated carbocycles. The predicted molar refractivity (Wildman–Crippen MR) is 111 cm³/mol. The minimum atomic E-state index is -0.227. The molecule has 1 aromatic rings. The second-order valence-corrected chi connectivity index (χ2v) is 7.02. The first-order valence-electron chi connectivity index (χ1n) is 9.37. The number of hydrogen-bond acceptors (Lipinski definition) is 4. The molecule has 0 aliphatic carbocycles. The van der Waals surface area contributed by atoms with E-state index in [4.69, 9.17) is 0 Å². The molecular weight excluding hydrogens is 390 g/mol. The van der Waals surface area contributed by atoms with Crippen molar-refractivity contribution in [2.24, 2.45) is 0 Å². The third-order valence-corrected chi connectivity index (χ3v) is 5.33. The van der Waals surface area contributed by atoms with Gasteiger partial charge in [-0.1, -0.05) is 19.1 Å². The molecule has 2 fully saturated rings. The van der Waals surface area contributed by atoms with E-state index in [9.17, 15) is 9.18 Å². The molecule has 1 amide bonds. The van der Waals surface area contributed by atoms with Gasteiger partial charge in [-0.25, -0.2) is 4.39 Å². The number of carbonyl (C=O) groups excluding carboxylic acids is 1. The molecule has 2 N–H and O–H groups in total. The summed E-state index contributed by atoms with van der Waals surface area (Å²) in [6, 6.07) is 7.02. The number of carbonyl (C=O) groups is 1. The van der Waals surface area contributed by atoms with Crippen LogP contribution < -0.4 is 10.6 Å². The van der Waals surface area contributed by atoms with E-state index in [0.717, 1.165) is 57.7 Å². The number of benzene rings is 1. The summed E-state index contributed by atoms with van der Waals surface area (Å²) < 4.78 is 13.6. The summed E-state index contributed by atoms with van der Waals surface area (Å²) in [6.07, 6.45) is 2.04. The van der Waals surface area contributed by atoms with Crippen molar-refractivity contribution < 1.29 is 9.18 Å². The predicted octanol–water partition coefficient (Wildman–Crippen LogP) is 2.22. The van der Waals surface area contributed by atoms with Crippen LogP contribution in [-0.4, -0.2) is 67.6 Å². The first-order valence-corrected chi connectivity index (χ1v) is 9.37. The van der Waals surface area contributed by atoms with Crippen LogP contribution in [-0.2, 0) is 4.79 Å². The lowest BCUT2D eigenvalue weighted by Gasteiger charge is -2.37. The molecule has 0 bridgehead atoms. The van der Waals surface area contributed by atoms with Crippen molar-refractivity contribution in [3.63, 3.8) is 0 Å². The summed E-state index contributed by atoms with van der Waals surface area (Å²) >= 11 is 0. The number of amides is 1. The van der Waals surface area contributed by atoms with Crippen molar-refractivity contribution in [3.05, 3.63) is 35.6 Å². The molecule has 27 heavy (non-hydrogen) atoms. The second-order valence-electron chi connectivity index (χ2n) is 7.02. The van der Waals surface area contributed by atoms with Gasteiger partial charge in [0.2, 0.25) is 5.91 Å². The Bertz CT molecular complexity index is 585. The second kappa shape index (κ2) is 11.8. The van der Waals surface area contributed by atoms with Crippen molar-refractivity contribution in [3.8, 4) is 0 Å². The Morgan fingerprint density at radius 3 is 2.67 bits per heavy atom. The molecule has 1 aromatic carbocycles. The van der Waals surface area contributed by atoms with Crippen molar-refractivity contribution in [2.45, 2.75) is 31.8 Å². The van der Waals surface area contributed by atoms with Crippen LogP contribution in [0.3, 0.4) is 0 Å². The van der Waals surface area contributed by atoms with Crippen LogP contribution in [0.1, 0.15) is 31.4 Å². The summed E-state index contributed by atoms with van der Waals surface area (Å²) in [7, 11) is 0. The largest absolute Gasteiger partial charge is 0.352 e. The van der Waals surface area contributed by atoms with E-state index in [-0.39, 0.29) is 48.6 Å². The number of halogens is 3. The summed E-state index contributed by atoms with van der Waals surface area (Å²) in [6.45, 7) is 8.13. The number of piperazine rings is 1. The molecule has 2 aliphatic rings. The fourth-order valence-electron chi connectivity index (χ4n) is 3.83. The van der Waals surface area contributed by atoms with E-state index in [1.165, 1.54) is 6.07 Å². The normalized spacial score (nSPS) is 21.8. The number of nitrogens with one attached hydrogen (secondary N) is 2. The van der Waals surface area contributed by atoms with Crippen molar-refractivity contribution >= 4 is 30.7 Å². The topological polar surface area (TPSA) is 47.6 Å². The number of nitrogens with zero attached hydrogens (tertiary/aromatic N) is 2. The maximum absolute atomic E-state index is 13.6. The van der Waals surface area contributed by atoms with Gasteiger partial charge in [-0.15, -0.1) is 24.8 Å². The van der Waals surface area contributed by atoms with Crippen LogP contribution in [0.15, 0.2) is 24.3 Å². The number of hydrogen-bond donors (Lipinski definition) is 2. The maximum Gasteiger partial charge on any atom is 0.234 e. The fraction of sp³-hybridized carbons (Fsp3) is 0.632. The van der Waals surface area contributed by atoms with Crippen LogP contribution in [0, 0.1) is 5.82 Å². The number of piperidine rings is 1. The Hall–Kier alpha value is -0.920. The smallest absolute Gasteiger partial charge is 0.234 e. The molecule has 8 heteroatoms. The molecule has 0 radical (unpaired) electrons. The van der Waals surface area contributed by atoms with Gasteiger partial charge in [0.05, 0.1) is 6.54 Å². The van der Waals surface area contributed by atoms with Crippen molar-refractivity contribution in [2.75, 3.05) is 45.8 Å². The molecule has 1 unspecified atom stereocenters. The Morgan fingerprint density at radius 1 is 1.26 bits per heavy atom. The molecule has 2 heterocycles. The van der Waals surface area contributed by atoms with E-state index >= 15 is 0 Å². The van der Waals surface area contributed by atoms with Gasteiger partial charge in [-0.3, -0.25) is 9.69 Å². The van der Waals surface area contributed by atoms with E-state index in [0.29, 0.717) is 6.54 Å². The van der Waals surface area contributed by atoms with Crippen LogP contribution in [0.4, 0.5) is 4.39 Å². The average Bonchev–Trinajstić information content (AvgIpc) is 2.63. The molecule has 2 aliphatic heterocycles. The highest BCUT2D eigenvalue weighted by atomic mass is 35.5. The summed E-state index contributed by atoms with van der Waals surface area (Å²) in [4.78, 5) is 17.1. The van der Waals surface area contributed by atoms with Crippen molar-refractivity contribution in [1.29, 1.82) is 0 Å². The quantitative estimate of drug-likeness (QED) is 0.766. The van der Waals surface area contributed by atoms with Gasteiger partial charge in [0, 0.05) is 44.8 Å². The molecule has 5 nitrogen and oxygen atoms in total. The molecule has 0 aromatic heterocycles. The fourth-order valence-corrected chi connectivity index (χ4v) is 3.83. The molecule has 0 spiro atoms. The van der Waals surface area contributed by atoms with Gasteiger partial charge in [-0.2, -0.15) is 0 Å². The van der Waals surface area contributed by atoms with Crippen molar-refractivity contribution in [1.82, 2.24) is 20.4 Å². The van der Waals surface area contributed by atoms with Crippen LogP contribution in [0.25, 0.3) is 0 Å². The summed E-state index contributed by atoms with van der Waals surface area (Å²) in [5.41, 5.74) is 0.927.